The van der Waals surface area contributed by atoms with Gasteiger partial charge in [0, 0.05) is 31.8 Å². The van der Waals surface area contributed by atoms with E-state index in [4.69, 9.17) is 13.9 Å². The first-order chi connectivity index (χ1) is 15.1. The van der Waals surface area contributed by atoms with Gasteiger partial charge < -0.3 is 24.5 Å². The SMILES string of the molecule is CN=C(NCC1CCN(Cc2nc(C)c(C)o2)CC1)Nc1ccc2c(c1)OCCCO2. The molecule has 0 saturated carbocycles. The topological polar surface area (TPSA) is 84.2 Å². The van der Waals surface area contributed by atoms with Crippen LogP contribution in [0.25, 0.3) is 0 Å². The summed E-state index contributed by atoms with van der Waals surface area (Å²) in [5.74, 6) is 4.71. The van der Waals surface area contributed by atoms with E-state index in [1.54, 1.807) is 7.05 Å². The zero-order valence-corrected chi connectivity index (χ0v) is 18.7. The van der Waals surface area contributed by atoms with Gasteiger partial charge in [-0.2, -0.15) is 0 Å². The summed E-state index contributed by atoms with van der Waals surface area (Å²) in [5, 5.41) is 6.83. The quantitative estimate of drug-likeness (QED) is 0.559. The Morgan fingerprint density at radius 2 is 1.94 bits per heavy atom. The van der Waals surface area contributed by atoms with Gasteiger partial charge in [0.1, 0.15) is 5.76 Å². The summed E-state index contributed by atoms with van der Waals surface area (Å²) in [6.07, 6.45) is 3.19. The Labute approximate surface area is 184 Å². The summed E-state index contributed by atoms with van der Waals surface area (Å²) in [6, 6.07) is 5.91. The summed E-state index contributed by atoms with van der Waals surface area (Å²) in [6.45, 7) is 9.14. The maximum Gasteiger partial charge on any atom is 0.208 e. The fourth-order valence-corrected chi connectivity index (χ4v) is 3.94. The molecule has 2 aliphatic heterocycles. The van der Waals surface area contributed by atoms with E-state index in [1.165, 1.54) is 0 Å². The Morgan fingerprint density at radius 1 is 1.16 bits per heavy atom. The van der Waals surface area contributed by atoms with Gasteiger partial charge in [0.05, 0.1) is 25.5 Å². The highest BCUT2D eigenvalue weighted by molar-refractivity contribution is 5.93. The van der Waals surface area contributed by atoms with Crippen molar-refractivity contribution in [3.8, 4) is 11.5 Å². The largest absolute Gasteiger partial charge is 0.490 e. The lowest BCUT2D eigenvalue weighted by Gasteiger charge is -2.31. The van der Waals surface area contributed by atoms with E-state index in [0.29, 0.717) is 19.1 Å². The number of fused-ring (bicyclic) bond motifs is 1. The van der Waals surface area contributed by atoms with Gasteiger partial charge in [-0.1, -0.05) is 0 Å². The summed E-state index contributed by atoms with van der Waals surface area (Å²) in [5.41, 5.74) is 1.92. The monoisotopic (exact) mass is 427 g/mol. The Hall–Kier alpha value is -2.74. The molecule has 8 heteroatoms. The summed E-state index contributed by atoms with van der Waals surface area (Å²) in [7, 11) is 1.79. The third-order valence-electron chi connectivity index (χ3n) is 5.93. The van der Waals surface area contributed by atoms with Crippen LogP contribution in [-0.2, 0) is 6.54 Å². The van der Waals surface area contributed by atoms with Gasteiger partial charge in [-0.25, -0.2) is 4.98 Å². The summed E-state index contributed by atoms with van der Waals surface area (Å²) < 4.78 is 17.2. The molecule has 8 nitrogen and oxygen atoms in total. The fourth-order valence-electron chi connectivity index (χ4n) is 3.94. The van der Waals surface area contributed by atoms with Crippen LogP contribution >= 0.6 is 0 Å². The maximum absolute atomic E-state index is 5.78. The molecule has 0 amide bonds. The van der Waals surface area contributed by atoms with Crippen molar-refractivity contribution in [1.29, 1.82) is 0 Å². The number of guanidine groups is 1. The van der Waals surface area contributed by atoms with Crippen LogP contribution in [0.1, 0.15) is 36.6 Å². The number of anilines is 1. The minimum atomic E-state index is 0.617. The van der Waals surface area contributed by atoms with Crippen molar-refractivity contribution >= 4 is 11.6 Å². The van der Waals surface area contributed by atoms with Crippen LogP contribution in [0, 0.1) is 19.8 Å². The number of aliphatic imine (C=N–C) groups is 1. The van der Waals surface area contributed by atoms with E-state index in [9.17, 15) is 0 Å². The van der Waals surface area contributed by atoms with Crippen molar-refractivity contribution in [1.82, 2.24) is 15.2 Å². The van der Waals surface area contributed by atoms with E-state index in [-0.39, 0.29) is 0 Å². The van der Waals surface area contributed by atoms with Crippen LogP contribution < -0.4 is 20.1 Å². The van der Waals surface area contributed by atoms with Gasteiger partial charge in [-0.15, -0.1) is 0 Å². The van der Waals surface area contributed by atoms with Crippen molar-refractivity contribution in [3.05, 3.63) is 35.5 Å². The van der Waals surface area contributed by atoms with Crippen molar-refractivity contribution < 1.29 is 13.9 Å². The molecule has 3 heterocycles. The van der Waals surface area contributed by atoms with Gasteiger partial charge in [0.15, 0.2) is 17.5 Å². The van der Waals surface area contributed by atoms with Gasteiger partial charge in [0.25, 0.3) is 0 Å². The van der Waals surface area contributed by atoms with Crippen LogP contribution in [0.2, 0.25) is 0 Å². The average Bonchev–Trinajstić information content (AvgIpc) is 2.95. The van der Waals surface area contributed by atoms with Gasteiger partial charge >= 0.3 is 0 Å². The third-order valence-corrected chi connectivity index (χ3v) is 5.93. The number of likely N-dealkylation sites (tertiary alicyclic amines) is 1. The number of oxazole rings is 1. The highest BCUT2D eigenvalue weighted by Gasteiger charge is 2.21. The molecule has 0 radical (unpaired) electrons. The Balaban J connectivity index is 1.23. The smallest absolute Gasteiger partial charge is 0.208 e. The van der Waals surface area contributed by atoms with Crippen molar-refractivity contribution in [3.63, 3.8) is 0 Å². The molecule has 4 rings (SSSR count). The van der Waals surface area contributed by atoms with Crippen LogP contribution in [0.3, 0.4) is 0 Å². The highest BCUT2D eigenvalue weighted by Crippen LogP contribution is 2.32. The van der Waals surface area contributed by atoms with Crippen LogP contribution in [0.5, 0.6) is 11.5 Å². The number of aromatic nitrogens is 1. The van der Waals surface area contributed by atoms with Crippen molar-refractivity contribution in [2.75, 3.05) is 45.2 Å². The second-order valence-corrected chi connectivity index (χ2v) is 8.26. The molecule has 1 aromatic carbocycles. The summed E-state index contributed by atoms with van der Waals surface area (Å²) in [4.78, 5) is 11.3. The molecule has 0 aliphatic carbocycles. The number of hydrogen-bond acceptors (Lipinski definition) is 6. The van der Waals surface area contributed by atoms with E-state index < -0.39 is 0 Å². The van der Waals surface area contributed by atoms with E-state index in [0.717, 1.165) is 85.9 Å². The van der Waals surface area contributed by atoms with Gasteiger partial charge in [-0.3, -0.25) is 9.89 Å². The number of piperidine rings is 1. The molecule has 1 saturated heterocycles. The standard InChI is InChI=1S/C23H33N5O3/c1-16-17(2)31-22(26-16)15-28-9-7-18(8-10-28)14-25-23(24-3)27-19-5-6-20-21(13-19)30-12-4-11-29-20/h5-6,13,18H,4,7-12,14-15H2,1-3H3,(H2,24,25,27). The van der Waals surface area contributed by atoms with Crippen LogP contribution in [-0.4, -0.2) is 55.7 Å². The first-order valence-corrected chi connectivity index (χ1v) is 11.1. The molecule has 168 valence electrons. The lowest BCUT2D eigenvalue weighted by Crippen LogP contribution is -2.40. The molecular formula is C23H33N5O3. The van der Waals surface area contributed by atoms with E-state index >= 15 is 0 Å². The number of rotatable bonds is 5. The van der Waals surface area contributed by atoms with E-state index in [2.05, 4.69) is 25.5 Å². The Kier molecular flexibility index (Phi) is 6.96. The molecule has 2 N–H and O–H groups in total. The van der Waals surface area contributed by atoms with Crippen molar-refractivity contribution in [2.45, 2.75) is 39.7 Å². The second-order valence-electron chi connectivity index (χ2n) is 8.26. The minimum Gasteiger partial charge on any atom is -0.490 e. The molecule has 2 aliphatic rings. The van der Waals surface area contributed by atoms with Gasteiger partial charge in [0.2, 0.25) is 5.89 Å². The number of hydrogen-bond donors (Lipinski definition) is 2. The molecule has 0 unspecified atom stereocenters. The molecule has 1 fully saturated rings. The number of ether oxygens (including phenoxy) is 2. The lowest BCUT2D eigenvalue weighted by molar-refractivity contribution is 0.164. The molecule has 1 aromatic heterocycles. The maximum atomic E-state index is 5.78. The minimum absolute atomic E-state index is 0.617. The lowest BCUT2D eigenvalue weighted by atomic mass is 9.97. The predicted molar refractivity (Wildman–Crippen MR) is 121 cm³/mol. The fraction of sp³-hybridized carbons (Fsp3) is 0.565. The number of nitrogens with zero attached hydrogens (tertiary/aromatic N) is 3. The second kappa shape index (κ2) is 10.0. The third kappa shape index (κ3) is 5.70. The molecular weight excluding hydrogens is 394 g/mol. The van der Waals surface area contributed by atoms with Crippen LogP contribution in [0.4, 0.5) is 5.69 Å². The molecule has 0 spiro atoms. The molecule has 0 bridgehead atoms. The first-order valence-electron chi connectivity index (χ1n) is 11.1. The molecule has 31 heavy (non-hydrogen) atoms. The molecule has 2 aromatic rings. The number of aryl methyl sites for hydroxylation is 2. The van der Waals surface area contributed by atoms with Gasteiger partial charge in [-0.05, 0) is 57.8 Å². The van der Waals surface area contributed by atoms with Crippen molar-refractivity contribution in [2.24, 2.45) is 10.9 Å². The zero-order valence-electron chi connectivity index (χ0n) is 18.7. The summed E-state index contributed by atoms with van der Waals surface area (Å²) >= 11 is 0. The molecule has 0 atom stereocenters. The highest BCUT2D eigenvalue weighted by atomic mass is 16.5. The average molecular weight is 428 g/mol. The van der Waals surface area contributed by atoms with E-state index in [1.807, 2.05) is 32.0 Å². The normalized spacial score (nSPS) is 18.0. The number of nitrogens with one attached hydrogen (secondary N) is 2. The Morgan fingerprint density at radius 3 is 2.65 bits per heavy atom. The number of benzene rings is 1. The predicted octanol–water partition coefficient (Wildman–Crippen LogP) is 3.35. The zero-order chi connectivity index (χ0) is 21.6. The Bertz CT molecular complexity index is 883. The van der Waals surface area contributed by atoms with Crippen LogP contribution in [0.15, 0.2) is 27.6 Å². The first kappa shape index (κ1) is 21.5.